The van der Waals surface area contributed by atoms with Crippen molar-refractivity contribution in [3.05, 3.63) is 33.9 Å². The van der Waals surface area contributed by atoms with E-state index < -0.39 is 6.36 Å². The van der Waals surface area contributed by atoms with Gasteiger partial charge < -0.3 is 4.74 Å². The van der Waals surface area contributed by atoms with Crippen molar-refractivity contribution in [2.45, 2.75) is 6.36 Å². The molecule has 0 spiro atoms. The Hall–Kier alpha value is -1.01. The molecule has 0 aliphatic rings. The van der Waals surface area contributed by atoms with Crippen molar-refractivity contribution in [1.29, 1.82) is 0 Å². The molecule has 0 saturated carbocycles. The molecule has 0 unspecified atom stereocenters. The minimum atomic E-state index is -4.73. The van der Waals surface area contributed by atoms with Gasteiger partial charge in [0.2, 0.25) is 0 Å². The molecule has 1 aromatic carbocycles. The van der Waals surface area contributed by atoms with Crippen molar-refractivity contribution >= 4 is 38.4 Å². The topological polar surface area (TPSA) is 22.1 Å². The molecule has 2 aromatic rings. The Morgan fingerprint density at radius 3 is 2.65 bits per heavy atom. The van der Waals surface area contributed by atoms with E-state index >= 15 is 0 Å². The van der Waals surface area contributed by atoms with E-state index in [1.165, 1.54) is 24.4 Å². The van der Waals surface area contributed by atoms with Crippen LogP contribution < -0.4 is 4.74 Å². The summed E-state index contributed by atoms with van der Waals surface area (Å²) in [4.78, 5) is 4.01. The third-order valence-corrected chi connectivity index (χ3v) is 2.89. The molecule has 0 N–H and O–H groups in total. The Labute approximate surface area is 107 Å². The maximum absolute atomic E-state index is 12.1. The van der Waals surface area contributed by atoms with Gasteiger partial charge in [-0.2, -0.15) is 0 Å². The molecule has 0 bridgehead atoms. The van der Waals surface area contributed by atoms with Gasteiger partial charge >= 0.3 is 6.36 Å². The Balaban J connectivity index is 2.58. The van der Waals surface area contributed by atoms with E-state index in [0.717, 1.165) is 0 Å². The van der Waals surface area contributed by atoms with Crippen LogP contribution in [0.2, 0.25) is 5.02 Å². The van der Waals surface area contributed by atoms with Crippen molar-refractivity contribution in [2.75, 3.05) is 0 Å². The average molecular weight is 326 g/mol. The fourth-order valence-electron chi connectivity index (χ4n) is 1.35. The summed E-state index contributed by atoms with van der Waals surface area (Å²) in [5.41, 5.74) is 0.479. The lowest BCUT2D eigenvalue weighted by molar-refractivity contribution is -0.274. The summed E-state index contributed by atoms with van der Waals surface area (Å²) in [6.45, 7) is 0. The molecule has 1 heterocycles. The van der Waals surface area contributed by atoms with E-state index in [-0.39, 0.29) is 5.75 Å². The van der Waals surface area contributed by atoms with Crippen LogP contribution in [0.25, 0.3) is 10.9 Å². The van der Waals surface area contributed by atoms with Crippen LogP contribution in [-0.2, 0) is 0 Å². The van der Waals surface area contributed by atoms with Gasteiger partial charge in [0.1, 0.15) is 5.75 Å². The number of fused-ring (bicyclic) bond motifs is 1. The maximum Gasteiger partial charge on any atom is 0.573 e. The number of hydrogen-bond acceptors (Lipinski definition) is 2. The number of nitrogens with zero attached hydrogens (tertiary/aromatic N) is 1. The van der Waals surface area contributed by atoms with Crippen molar-refractivity contribution in [3.63, 3.8) is 0 Å². The summed E-state index contributed by atoms with van der Waals surface area (Å²) in [5.74, 6) is -0.341. The van der Waals surface area contributed by atoms with Gasteiger partial charge in [-0.25, -0.2) is 0 Å². The lowest BCUT2D eigenvalue weighted by Crippen LogP contribution is -2.17. The van der Waals surface area contributed by atoms with Crippen LogP contribution in [0.3, 0.4) is 0 Å². The summed E-state index contributed by atoms with van der Waals surface area (Å²) in [7, 11) is 0. The first-order valence-electron chi connectivity index (χ1n) is 4.36. The minimum absolute atomic E-state index is 0.309. The van der Waals surface area contributed by atoms with Gasteiger partial charge in [0.05, 0.1) is 10.5 Å². The Morgan fingerprint density at radius 1 is 1.29 bits per heavy atom. The zero-order valence-corrected chi connectivity index (χ0v) is 10.4. The second-order valence-electron chi connectivity index (χ2n) is 3.14. The van der Waals surface area contributed by atoms with E-state index in [2.05, 4.69) is 25.7 Å². The molecule has 0 aliphatic carbocycles. The average Bonchev–Trinajstić information content (AvgIpc) is 2.17. The molecule has 0 saturated heterocycles. The molecule has 0 radical (unpaired) electrons. The molecule has 0 fully saturated rings. The Morgan fingerprint density at radius 2 is 2.00 bits per heavy atom. The van der Waals surface area contributed by atoms with Gasteiger partial charge in [0.25, 0.3) is 0 Å². The van der Waals surface area contributed by atoms with Crippen molar-refractivity contribution in [2.24, 2.45) is 0 Å². The number of pyridine rings is 1. The number of aromatic nitrogens is 1. The summed E-state index contributed by atoms with van der Waals surface area (Å²) in [5, 5.41) is 0.700. The summed E-state index contributed by atoms with van der Waals surface area (Å²) < 4.78 is 40.5. The molecule has 0 atom stereocenters. The van der Waals surface area contributed by atoms with Crippen molar-refractivity contribution in [3.8, 4) is 5.75 Å². The third kappa shape index (κ3) is 2.81. The number of ether oxygens (including phenoxy) is 1. The Kier molecular flexibility index (Phi) is 3.18. The molecule has 0 amide bonds. The lowest BCUT2D eigenvalue weighted by atomic mass is 10.2. The van der Waals surface area contributed by atoms with Crippen LogP contribution in [0.1, 0.15) is 0 Å². The fraction of sp³-hybridized carbons (Fsp3) is 0.100. The predicted octanol–water partition coefficient (Wildman–Crippen LogP) is 4.55. The first-order valence-corrected chi connectivity index (χ1v) is 5.53. The molecular formula is C10H4BrClF3NO. The van der Waals surface area contributed by atoms with Crippen LogP contribution in [0.5, 0.6) is 5.75 Å². The fourth-order valence-corrected chi connectivity index (χ4v) is 2.09. The zero-order chi connectivity index (χ0) is 12.6. The molecule has 1 aromatic heterocycles. The third-order valence-electron chi connectivity index (χ3n) is 1.95. The van der Waals surface area contributed by atoms with E-state index in [1.807, 2.05) is 0 Å². The molecule has 2 rings (SSSR count). The smallest absolute Gasteiger partial charge is 0.406 e. The first kappa shape index (κ1) is 12.4. The van der Waals surface area contributed by atoms with Crippen molar-refractivity contribution < 1.29 is 17.9 Å². The SMILES string of the molecule is FC(F)(F)Oc1cc(Br)c2nccc(Cl)c2c1. The van der Waals surface area contributed by atoms with Gasteiger partial charge in [-0.3, -0.25) is 4.98 Å². The molecule has 17 heavy (non-hydrogen) atoms. The van der Waals surface area contributed by atoms with E-state index in [1.54, 1.807) is 0 Å². The largest absolute Gasteiger partial charge is 0.573 e. The summed E-state index contributed by atoms with van der Waals surface area (Å²) in [6.07, 6.45) is -3.26. The molecule has 2 nitrogen and oxygen atoms in total. The van der Waals surface area contributed by atoms with Crippen LogP contribution in [0.15, 0.2) is 28.9 Å². The lowest BCUT2D eigenvalue weighted by Gasteiger charge is -2.10. The van der Waals surface area contributed by atoms with Crippen molar-refractivity contribution in [1.82, 2.24) is 4.98 Å². The van der Waals surface area contributed by atoms with Gasteiger partial charge in [-0.15, -0.1) is 13.2 Å². The molecular weight excluding hydrogens is 322 g/mol. The number of halogens is 5. The monoisotopic (exact) mass is 325 g/mol. The van der Waals surface area contributed by atoms with Crippen LogP contribution >= 0.6 is 27.5 Å². The van der Waals surface area contributed by atoms with E-state index in [0.29, 0.717) is 20.4 Å². The second-order valence-corrected chi connectivity index (χ2v) is 4.40. The number of rotatable bonds is 1. The number of hydrogen-bond donors (Lipinski definition) is 0. The first-order chi connectivity index (χ1) is 7.87. The summed E-state index contributed by atoms with van der Waals surface area (Å²) >= 11 is 9.00. The maximum atomic E-state index is 12.1. The van der Waals surface area contributed by atoms with Gasteiger partial charge in [-0.05, 0) is 34.1 Å². The summed E-state index contributed by atoms with van der Waals surface area (Å²) in [6, 6.07) is 3.88. The normalized spacial score (nSPS) is 11.8. The minimum Gasteiger partial charge on any atom is -0.406 e. The van der Waals surface area contributed by atoms with Crippen LogP contribution in [-0.4, -0.2) is 11.3 Å². The van der Waals surface area contributed by atoms with E-state index in [4.69, 9.17) is 11.6 Å². The second kappa shape index (κ2) is 4.34. The standard InChI is InChI=1S/C10H4BrClF3NO/c11-7-4-5(17-10(13,14)15)3-6-8(12)1-2-16-9(6)7/h1-4H. The number of alkyl halides is 3. The van der Waals surface area contributed by atoms with Gasteiger partial charge in [0.15, 0.2) is 0 Å². The molecule has 90 valence electrons. The van der Waals surface area contributed by atoms with E-state index in [9.17, 15) is 13.2 Å². The van der Waals surface area contributed by atoms with Crippen LogP contribution in [0, 0.1) is 0 Å². The highest BCUT2D eigenvalue weighted by atomic mass is 79.9. The molecule has 0 aliphatic heterocycles. The highest BCUT2D eigenvalue weighted by Gasteiger charge is 2.31. The van der Waals surface area contributed by atoms with Gasteiger partial charge in [0, 0.05) is 16.1 Å². The molecule has 7 heteroatoms. The van der Waals surface area contributed by atoms with Gasteiger partial charge in [-0.1, -0.05) is 11.6 Å². The van der Waals surface area contributed by atoms with Crippen LogP contribution in [0.4, 0.5) is 13.2 Å². The zero-order valence-electron chi connectivity index (χ0n) is 8.05. The number of benzene rings is 1. The Bertz CT molecular complexity index is 573. The highest BCUT2D eigenvalue weighted by molar-refractivity contribution is 9.10. The quantitative estimate of drug-likeness (QED) is 0.767. The predicted molar refractivity (Wildman–Crippen MR) is 61.1 cm³/mol. The highest BCUT2D eigenvalue weighted by Crippen LogP contribution is 2.34.